The number of rotatable bonds is 10. The molecule has 162 valence electrons. The highest BCUT2D eigenvalue weighted by molar-refractivity contribution is 7.89. The molecule has 0 radical (unpaired) electrons. The molecule has 1 amide bonds. The van der Waals surface area contributed by atoms with Crippen LogP contribution in [0.2, 0.25) is 0 Å². The van der Waals surface area contributed by atoms with Gasteiger partial charge in [0.25, 0.3) is 5.91 Å². The van der Waals surface area contributed by atoms with E-state index in [1.54, 1.807) is 48.5 Å². The number of methoxy groups -OCH3 is 1. The molecule has 0 atom stereocenters. The molecule has 9 heteroatoms. The van der Waals surface area contributed by atoms with E-state index >= 15 is 0 Å². The maximum Gasteiger partial charge on any atom is 0.255 e. The van der Waals surface area contributed by atoms with Crippen molar-refractivity contribution >= 4 is 21.6 Å². The molecule has 0 aliphatic heterocycles. The van der Waals surface area contributed by atoms with Crippen LogP contribution in [-0.4, -0.2) is 28.0 Å². The molecule has 0 spiro atoms. The third kappa shape index (κ3) is 5.74. The number of benzene rings is 2. The molecule has 0 bridgehead atoms. The Hall–Kier alpha value is -3.56. The highest BCUT2D eigenvalue weighted by atomic mass is 32.2. The molecule has 1 heterocycles. The van der Waals surface area contributed by atoms with Gasteiger partial charge in [-0.2, -0.15) is 0 Å². The fraction of sp³-hybridized carbons (Fsp3) is 0.136. The van der Waals surface area contributed by atoms with Crippen LogP contribution in [0, 0.1) is 0 Å². The highest BCUT2D eigenvalue weighted by Crippen LogP contribution is 2.28. The van der Waals surface area contributed by atoms with Crippen LogP contribution >= 0.6 is 0 Å². The van der Waals surface area contributed by atoms with Gasteiger partial charge < -0.3 is 19.2 Å². The fourth-order valence-corrected chi connectivity index (χ4v) is 3.72. The Balaban J connectivity index is 1.72. The van der Waals surface area contributed by atoms with E-state index in [9.17, 15) is 13.2 Å². The Kier molecular flexibility index (Phi) is 7.11. The number of hydrogen-bond donors (Lipinski definition) is 2. The molecule has 0 saturated heterocycles. The first-order chi connectivity index (χ1) is 14.9. The van der Waals surface area contributed by atoms with Crippen molar-refractivity contribution in [1.29, 1.82) is 0 Å². The minimum absolute atomic E-state index is 0.0163. The Morgan fingerprint density at radius 3 is 2.68 bits per heavy atom. The number of ether oxygens (including phenoxy) is 2. The van der Waals surface area contributed by atoms with Gasteiger partial charge in [0.15, 0.2) is 11.5 Å². The van der Waals surface area contributed by atoms with Gasteiger partial charge in [-0.25, -0.2) is 13.1 Å². The van der Waals surface area contributed by atoms with Crippen molar-refractivity contribution in [2.75, 3.05) is 19.0 Å². The molecule has 2 aromatic carbocycles. The van der Waals surface area contributed by atoms with Crippen LogP contribution in [-0.2, 0) is 16.6 Å². The van der Waals surface area contributed by atoms with E-state index in [1.165, 1.54) is 25.5 Å². The average molecular weight is 442 g/mol. The molecule has 0 aliphatic carbocycles. The van der Waals surface area contributed by atoms with E-state index in [1.807, 2.05) is 0 Å². The van der Waals surface area contributed by atoms with E-state index in [-0.39, 0.29) is 11.4 Å². The van der Waals surface area contributed by atoms with Gasteiger partial charge in [0, 0.05) is 11.3 Å². The predicted molar refractivity (Wildman–Crippen MR) is 116 cm³/mol. The van der Waals surface area contributed by atoms with E-state index in [0.29, 0.717) is 35.1 Å². The molecule has 1 aromatic heterocycles. The maximum absolute atomic E-state index is 12.6. The summed E-state index contributed by atoms with van der Waals surface area (Å²) in [5, 5.41) is 2.69. The summed E-state index contributed by atoms with van der Waals surface area (Å²) in [4.78, 5) is 12.7. The third-order valence-electron chi connectivity index (χ3n) is 4.20. The lowest BCUT2D eigenvalue weighted by molar-refractivity contribution is 0.102. The molecule has 0 saturated carbocycles. The zero-order valence-corrected chi connectivity index (χ0v) is 17.6. The van der Waals surface area contributed by atoms with Crippen molar-refractivity contribution in [2.45, 2.75) is 11.4 Å². The second kappa shape index (κ2) is 9.96. The molecule has 0 unspecified atom stereocenters. The monoisotopic (exact) mass is 442 g/mol. The Labute approximate surface area is 180 Å². The topological polar surface area (TPSA) is 107 Å². The van der Waals surface area contributed by atoms with Crippen molar-refractivity contribution in [3.05, 3.63) is 84.8 Å². The van der Waals surface area contributed by atoms with E-state index in [4.69, 9.17) is 13.9 Å². The SMILES string of the molecule is C=CCOc1ccc(C(=O)Nc2cccc(S(=O)(=O)NCc3ccco3)c2)cc1OC. The molecule has 31 heavy (non-hydrogen) atoms. The van der Waals surface area contributed by atoms with Crippen molar-refractivity contribution in [1.82, 2.24) is 4.72 Å². The van der Waals surface area contributed by atoms with Gasteiger partial charge in [-0.3, -0.25) is 4.79 Å². The number of anilines is 1. The van der Waals surface area contributed by atoms with Gasteiger partial charge in [0.2, 0.25) is 10.0 Å². The fourth-order valence-electron chi connectivity index (χ4n) is 2.68. The van der Waals surface area contributed by atoms with Crippen LogP contribution < -0.4 is 19.5 Å². The molecule has 8 nitrogen and oxygen atoms in total. The van der Waals surface area contributed by atoms with Crippen LogP contribution in [0.3, 0.4) is 0 Å². The van der Waals surface area contributed by atoms with Crippen LogP contribution in [0.4, 0.5) is 5.69 Å². The van der Waals surface area contributed by atoms with E-state index < -0.39 is 15.9 Å². The van der Waals surface area contributed by atoms with Gasteiger partial charge >= 0.3 is 0 Å². The second-order valence-electron chi connectivity index (χ2n) is 6.35. The summed E-state index contributed by atoms with van der Waals surface area (Å²) in [6, 6.07) is 14.0. The first-order valence-electron chi connectivity index (χ1n) is 9.28. The van der Waals surface area contributed by atoms with Crippen LogP contribution in [0.15, 0.2) is 82.8 Å². The Morgan fingerprint density at radius 2 is 1.97 bits per heavy atom. The number of hydrogen-bond acceptors (Lipinski definition) is 6. The minimum Gasteiger partial charge on any atom is -0.493 e. The predicted octanol–water partition coefficient (Wildman–Crippen LogP) is 3.58. The molecule has 2 N–H and O–H groups in total. The number of carbonyl (C=O) groups excluding carboxylic acids is 1. The first kappa shape index (κ1) is 22.1. The molecule has 3 aromatic rings. The molecular formula is C22H22N2O6S. The summed E-state index contributed by atoms with van der Waals surface area (Å²) in [7, 11) is -2.32. The van der Waals surface area contributed by atoms with Crippen LogP contribution in [0.1, 0.15) is 16.1 Å². The van der Waals surface area contributed by atoms with Gasteiger partial charge in [-0.05, 0) is 48.5 Å². The lowest BCUT2D eigenvalue weighted by atomic mass is 10.2. The number of amides is 1. The zero-order valence-electron chi connectivity index (χ0n) is 16.8. The smallest absolute Gasteiger partial charge is 0.255 e. The largest absolute Gasteiger partial charge is 0.493 e. The van der Waals surface area contributed by atoms with E-state index in [2.05, 4.69) is 16.6 Å². The van der Waals surface area contributed by atoms with Crippen molar-refractivity contribution in [2.24, 2.45) is 0 Å². The molecular weight excluding hydrogens is 420 g/mol. The van der Waals surface area contributed by atoms with E-state index in [0.717, 1.165) is 0 Å². The second-order valence-corrected chi connectivity index (χ2v) is 8.12. The molecule has 0 fully saturated rings. The number of carbonyl (C=O) groups is 1. The summed E-state index contributed by atoms with van der Waals surface area (Å²) in [5.74, 6) is 0.941. The summed E-state index contributed by atoms with van der Waals surface area (Å²) in [5.41, 5.74) is 0.656. The average Bonchev–Trinajstić information content (AvgIpc) is 3.30. The standard InChI is InChI=1S/C22H22N2O6S/c1-3-11-30-20-10-9-16(13-21(20)28-2)22(25)24-17-6-4-8-19(14-17)31(26,27)23-15-18-7-5-12-29-18/h3-10,12-14,23H,1,11,15H2,2H3,(H,24,25). The van der Waals surface area contributed by atoms with Crippen LogP contribution in [0.5, 0.6) is 11.5 Å². The number of nitrogens with one attached hydrogen (secondary N) is 2. The van der Waals surface area contributed by atoms with Gasteiger partial charge in [0.1, 0.15) is 12.4 Å². The number of sulfonamides is 1. The van der Waals surface area contributed by atoms with Crippen molar-refractivity contribution < 1.29 is 27.1 Å². The van der Waals surface area contributed by atoms with Crippen LogP contribution in [0.25, 0.3) is 0 Å². The summed E-state index contributed by atoms with van der Waals surface area (Å²) in [6.07, 6.45) is 3.07. The van der Waals surface area contributed by atoms with Gasteiger partial charge in [-0.1, -0.05) is 18.7 Å². The normalized spacial score (nSPS) is 11.0. The summed E-state index contributed by atoms with van der Waals surface area (Å²) in [6.45, 7) is 3.91. The molecule has 0 aliphatic rings. The Bertz CT molecular complexity index is 1160. The van der Waals surface area contributed by atoms with Gasteiger partial charge in [-0.15, -0.1) is 0 Å². The maximum atomic E-state index is 12.6. The third-order valence-corrected chi connectivity index (χ3v) is 5.60. The van der Waals surface area contributed by atoms with Crippen molar-refractivity contribution in [3.8, 4) is 11.5 Å². The lowest BCUT2D eigenvalue weighted by Crippen LogP contribution is -2.23. The lowest BCUT2D eigenvalue weighted by Gasteiger charge is -2.12. The quantitative estimate of drug-likeness (QED) is 0.465. The van der Waals surface area contributed by atoms with Crippen molar-refractivity contribution in [3.63, 3.8) is 0 Å². The summed E-state index contributed by atoms with van der Waals surface area (Å²) >= 11 is 0. The number of furan rings is 1. The minimum atomic E-state index is -3.79. The Morgan fingerprint density at radius 1 is 1.13 bits per heavy atom. The highest BCUT2D eigenvalue weighted by Gasteiger charge is 2.16. The zero-order chi connectivity index (χ0) is 22.3. The first-order valence-corrected chi connectivity index (χ1v) is 10.8. The van der Waals surface area contributed by atoms with Gasteiger partial charge in [0.05, 0.1) is 24.8 Å². The molecule has 3 rings (SSSR count). The summed E-state index contributed by atoms with van der Waals surface area (Å²) < 4.78 is 43.4.